The minimum atomic E-state index is -0.751. The standard InChI is InChI=1S/C42H46FN7O4/c1-7-21(2)40(51)50-29-12-8-28(17-29)38(50)39-44-19-34(47-39)31-14-10-26(18-32(31)43)25-9-13-30-27(16-25)11-15-33-36(30)48-35(46-33)20-49(37-22(3)23(37)4)41(52)24(5)45-42(53)54-6/h9-11,13-16,18-19,22-24,28-29,37-38H,2,7-8,12,17,20H2,1,3-6H3,(H,44,47)(H,45,53)(H,46,48). The van der Waals surface area contributed by atoms with Crippen LogP contribution in [0.2, 0.25) is 0 Å². The molecule has 8 rings (SSSR count). The number of amides is 3. The van der Waals surface area contributed by atoms with Crippen molar-refractivity contribution in [2.75, 3.05) is 7.11 Å². The van der Waals surface area contributed by atoms with E-state index in [9.17, 15) is 14.4 Å². The van der Waals surface area contributed by atoms with E-state index >= 15 is 4.39 Å². The van der Waals surface area contributed by atoms with Gasteiger partial charge in [0.1, 0.15) is 23.5 Å². The first-order valence-corrected chi connectivity index (χ1v) is 18.9. The number of imidazole rings is 2. The van der Waals surface area contributed by atoms with Gasteiger partial charge in [-0.2, -0.15) is 0 Å². The molecule has 2 aliphatic carbocycles. The highest BCUT2D eigenvalue weighted by atomic mass is 19.1. The number of fused-ring (bicyclic) bond motifs is 5. The fraction of sp³-hybridized carbons (Fsp3) is 0.405. The van der Waals surface area contributed by atoms with Crippen molar-refractivity contribution in [3.63, 3.8) is 0 Å². The summed E-state index contributed by atoms with van der Waals surface area (Å²) in [7, 11) is 1.27. The summed E-state index contributed by atoms with van der Waals surface area (Å²) < 4.78 is 20.5. The van der Waals surface area contributed by atoms with Gasteiger partial charge < -0.3 is 29.8 Å². The molecule has 6 atom stereocenters. The molecule has 5 aromatic rings. The fourth-order valence-electron chi connectivity index (χ4n) is 8.85. The summed E-state index contributed by atoms with van der Waals surface area (Å²) in [6.45, 7) is 12.1. The number of nitrogens with one attached hydrogen (secondary N) is 3. The molecule has 3 N–H and O–H groups in total. The molecule has 280 valence electrons. The lowest BCUT2D eigenvalue weighted by atomic mass is 9.97. The average Bonchev–Trinajstić information content (AvgIpc) is 3.82. The Morgan fingerprint density at radius 2 is 1.83 bits per heavy atom. The quantitative estimate of drug-likeness (QED) is 0.126. The molecule has 54 heavy (non-hydrogen) atoms. The van der Waals surface area contributed by atoms with Crippen molar-refractivity contribution in [2.24, 2.45) is 17.8 Å². The third kappa shape index (κ3) is 6.11. The number of H-pyrrole nitrogens is 2. The van der Waals surface area contributed by atoms with Crippen LogP contribution in [0.25, 0.3) is 44.2 Å². The Morgan fingerprint density at radius 1 is 1.07 bits per heavy atom. The monoisotopic (exact) mass is 731 g/mol. The summed E-state index contributed by atoms with van der Waals surface area (Å²) in [5.41, 5.74) is 4.82. The number of methoxy groups -OCH3 is 1. The number of carbonyl (C=O) groups is 3. The number of rotatable bonds is 10. The lowest BCUT2D eigenvalue weighted by Crippen LogP contribution is -2.48. The van der Waals surface area contributed by atoms with Crippen LogP contribution in [0.1, 0.15) is 71.1 Å². The van der Waals surface area contributed by atoms with Crippen molar-refractivity contribution in [3.8, 4) is 22.4 Å². The summed E-state index contributed by atoms with van der Waals surface area (Å²) in [6, 6.07) is 14.5. The second-order valence-electron chi connectivity index (χ2n) is 15.3. The maximum Gasteiger partial charge on any atom is 0.407 e. The molecule has 6 unspecified atom stereocenters. The van der Waals surface area contributed by atoms with Crippen LogP contribution in [-0.2, 0) is 20.9 Å². The van der Waals surface area contributed by atoms with E-state index in [4.69, 9.17) is 9.72 Å². The van der Waals surface area contributed by atoms with Crippen molar-refractivity contribution in [2.45, 2.75) is 84.1 Å². The second kappa shape index (κ2) is 13.7. The van der Waals surface area contributed by atoms with Crippen molar-refractivity contribution >= 4 is 39.7 Å². The Bertz CT molecular complexity index is 2310. The van der Waals surface area contributed by atoms with Gasteiger partial charge in [0.2, 0.25) is 11.8 Å². The SMILES string of the molecule is C=C(CC)C(=O)N1C2CCC(C2)C1c1ncc(-c2ccc(-c3ccc4c(ccc5[nH]c(CN(C(=O)C(C)NC(=O)OC)C6C(C)C6C)nc54)c3)cc2F)[nH]1. The first-order chi connectivity index (χ1) is 26.0. The molecular weight excluding hydrogens is 686 g/mol. The van der Waals surface area contributed by atoms with Crippen LogP contribution in [0.5, 0.6) is 0 Å². The Morgan fingerprint density at radius 3 is 2.56 bits per heavy atom. The van der Waals surface area contributed by atoms with E-state index in [1.54, 1.807) is 30.2 Å². The van der Waals surface area contributed by atoms with Gasteiger partial charge in [0.25, 0.3) is 0 Å². The summed E-state index contributed by atoms with van der Waals surface area (Å²) in [4.78, 5) is 58.7. The molecule has 0 spiro atoms. The smallest absolute Gasteiger partial charge is 0.407 e. The van der Waals surface area contributed by atoms with E-state index < -0.39 is 12.1 Å². The highest BCUT2D eigenvalue weighted by molar-refractivity contribution is 6.05. The molecule has 0 radical (unpaired) electrons. The largest absolute Gasteiger partial charge is 0.453 e. The van der Waals surface area contributed by atoms with E-state index in [1.165, 1.54) is 7.11 Å². The molecule has 3 fully saturated rings. The molecule has 3 aromatic carbocycles. The Hall–Kier alpha value is -5.52. The normalized spacial score (nSPS) is 23.5. The zero-order valence-electron chi connectivity index (χ0n) is 31.3. The third-order valence-corrected chi connectivity index (χ3v) is 12.2. The molecule has 2 bridgehead atoms. The van der Waals surface area contributed by atoms with Crippen LogP contribution >= 0.6 is 0 Å². The number of likely N-dealkylation sites (tertiary alicyclic amines) is 1. The Balaban J connectivity index is 1.02. The van der Waals surface area contributed by atoms with Gasteiger partial charge in [-0.3, -0.25) is 9.59 Å². The maximum absolute atomic E-state index is 15.8. The summed E-state index contributed by atoms with van der Waals surface area (Å²) in [5.74, 6) is 1.77. The van der Waals surface area contributed by atoms with Crippen LogP contribution in [0.3, 0.4) is 0 Å². The zero-order valence-corrected chi connectivity index (χ0v) is 31.3. The van der Waals surface area contributed by atoms with Crippen LogP contribution in [0, 0.1) is 23.6 Å². The van der Waals surface area contributed by atoms with Gasteiger partial charge in [0.05, 0.1) is 42.6 Å². The number of alkyl carbamates (subject to hydrolysis) is 1. The van der Waals surface area contributed by atoms with Crippen LogP contribution in [0.15, 0.2) is 66.9 Å². The molecular formula is C42H46FN7O4. The van der Waals surface area contributed by atoms with Crippen LogP contribution < -0.4 is 5.32 Å². The van der Waals surface area contributed by atoms with Crippen molar-refractivity contribution < 1.29 is 23.5 Å². The second-order valence-corrected chi connectivity index (χ2v) is 15.3. The summed E-state index contributed by atoms with van der Waals surface area (Å²) in [5, 5.41) is 4.48. The Kier molecular flexibility index (Phi) is 9.02. The van der Waals surface area contributed by atoms with Gasteiger partial charge in [-0.05, 0) is 91.1 Å². The topological polar surface area (TPSA) is 136 Å². The molecule has 3 aliphatic rings. The number of hydrogen-bond acceptors (Lipinski definition) is 6. The Labute approximate surface area is 313 Å². The van der Waals surface area contributed by atoms with Crippen molar-refractivity contribution in [3.05, 3.63) is 84.3 Å². The van der Waals surface area contributed by atoms with Gasteiger partial charge in [-0.25, -0.2) is 19.2 Å². The fourth-order valence-corrected chi connectivity index (χ4v) is 8.85. The molecule has 11 nitrogen and oxygen atoms in total. The number of piperidine rings is 1. The van der Waals surface area contributed by atoms with Gasteiger partial charge in [0, 0.05) is 28.6 Å². The average molecular weight is 732 g/mol. The molecule has 1 aliphatic heterocycles. The predicted molar refractivity (Wildman–Crippen MR) is 204 cm³/mol. The third-order valence-electron chi connectivity index (χ3n) is 12.2. The van der Waals surface area contributed by atoms with E-state index in [0.29, 0.717) is 52.7 Å². The first kappa shape index (κ1) is 35.5. The maximum atomic E-state index is 15.8. The minimum absolute atomic E-state index is 0.00965. The van der Waals surface area contributed by atoms with Gasteiger partial charge in [0.15, 0.2) is 0 Å². The number of halogens is 1. The van der Waals surface area contributed by atoms with E-state index in [-0.39, 0.29) is 42.3 Å². The number of aromatic nitrogens is 4. The molecule has 2 saturated carbocycles. The minimum Gasteiger partial charge on any atom is -0.453 e. The molecule has 1 saturated heterocycles. The number of ether oxygens (including phenoxy) is 1. The van der Waals surface area contributed by atoms with Gasteiger partial charge >= 0.3 is 6.09 Å². The first-order valence-electron chi connectivity index (χ1n) is 18.9. The summed E-state index contributed by atoms with van der Waals surface area (Å²) in [6.07, 6.45) is 4.61. The van der Waals surface area contributed by atoms with Crippen molar-refractivity contribution in [1.82, 2.24) is 35.1 Å². The summed E-state index contributed by atoms with van der Waals surface area (Å²) >= 11 is 0. The number of benzene rings is 3. The molecule has 3 amide bonds. The van der Waals surface area contributed by atoms with Crippen LogP contribution in [0.4, 0.5) is 9.18 Å². The van der Waals surface area contributed by atoms with E-state index in [2.05, 4.69) is 40.7 Å². The molecule has 12 heteroatoms. The van der Waals surface area contributed by atoms with Gasteiger partial charge in [-0.15, -0.1) is 0 Å². The highest BCUT2D eigenvalue weighted by Crippen LogP contribution is 2.50. The molecule has 2 aromatic heterocycles. The number of aromatic amines is 2. The van der Waals surface area contributed by atoms with Crippen molar-refractivity contribution in [1.29, 1.82) is 0 Å². The van der Waals surface area contributed by atoms with Gasteiger partial charge in [-0.1, -0.05) is 51.6 Å². The number of carbonyl (C=O) groups excluding carboxylic acids is 3. The molecule has 3 heterocycles. The predicted octanol–water partition coefficient (Wildman–Crippen LogP) is 7.66. The lowest BCUT2D eigenvalue weighted by molar-refractivity contribution is -0.134. The number of hydrogen-bond donors (Lipinski definition) is 3. The lowest BCUT2D eigenvalue weighted by Gasteiger charge is -2.34. The number of nitrogens with zero attached hydrogens (tertiary/aromatic N) is 4. The highest BCUT2D eigenvalue weighted by Gasteiger charge is 2.51. The van der Waals surface area contributed by atoms with Crippen LogP contribution in [-0.4, -0.2) is 72.9 Å². The van der Waals surface area contributed by atoms with E-state index in [1.807, 2.05) is 48.2 Å². The van der Waals surface area contributed by atoms with E-state index in [0.717, 1.165) is 52.2 Å². The zero-order chi connectivity index (χ0) is 38.0.